The van der Waals surface area contributed by atoms with Gasteiger partial charge < -0.3 is 4.90 Å². The minimum Gasteiger partial charge on any atom is -0.343 e. The zero-order valence-corrected chi connectivity index (χ0v) is 10.8. The molecule has 2 aliphatic rings. The fourth-order valence-electron chi connectivity index (χ4n) is 2.84. The zero-order chi connectivity index (χ0) is 11.8. The van der Waals surface area contributed by atoms with Gasteiger partial charge in [-0.1, -0.05) is 25.5 Å². The Balaban J connectivity index is 1.93. The standard InChI is InChI=1S/C14H23NO/c1-11-6-7-12(14(11,2)3)10-13(16)15-8-4-5-9-15/h6,12H,4-5,7-10H2,1-3H3/t12-/m1/s1. The molecule has 1 heterocycles. The molecule has 0 N–H and O–H groups in total. The van der Waals surface area contributed by atoms with E-state index < -0.39 is 0 Å². The monoisotopic (exact) mass is 221 g/mol. The molecule has 2 heteroatoms. The van der Waals surface area contributed by atoms with Crippen LogP contribution in [-0.2, 0) is 4.79 Å². The third kappa shape index (κ3) is 2.02. The molecule has 1 amide bonds. The predicted molar refractivity (Wildman–Crippen MR) is 66.1 cm³/mol. The molecule has 2 nitrogen and oxygen atoms in total. The number of carbonyl (C=O) groups is 1. The van der Waals surface area contributed by atoms with Crippen molar-refractivity contribution in [2.45, 2.75) is 46.5 Å². The second kappa shape index (κ2) is 4.23. The third-order valence-corrected chi connectivity index (χ3v) is 4.63. The Hall–Kier alpha value is -0.790. The number of hydrogen-bond acceptors (Lipinski definition) is 1. The molecule has 0 saturated carbocycles. The van der Waals surface area contributed by atoms with Crippen LogP contribution in [0.25, 0.3) is 0 Å². The Morgan fingerprint density at radius 1 is 1.44 bits per heavy atom. The molecular formula is C14H23NO. The summed E-state index contributed by atoms with van der Waals surface area (Å²) < 4.78 is 0. The van der Waals surface area contributed by atoms with Gasteiger partial charge in [-0.2, -0.15) is 0 Å². The molecular weight excluding hydrogens is 198 g/mol. The molecule has 0 spiro atoms. The van der Waals surface area contributed by atoms with E-state index in [1.54, 1.807) is 0 Å². The summed E-state index contributed by atoms with van der Waals surface area (Å²) in [5, 5.41) is 0. The number of carbonyl (C=O) groups excluding carboxylic acids is 1. The highest BCUT2D eigenvalue weighted by Gasteiger charge is 2.37. The molecule has 1 fully saturated rings. The van der Waals surface area contributed by atoms with Crippen molar-refractivity contribution in [3.63, 3.8) is 0 Å². The van der Waals surface area contributed by atoms with Crippen LogP contribution in [0.2, 0.25) is 0 Å². The van der Waals surface area contributed by atoms with Gasteiger partial charge in [0.25, 0.3) is 0 Å². The number of rotatable bonds is 2. The van der Waals surface area contributed by atoms with Gasteiger partial charge in [-0.05, 0) is 37.5 Å². The first-order valence-corrected chi connectivity index (χ1v) is 6.47. The summed E-state index contributed by atoms with van der Waals surface area (Å²) in [6.45, 7) is 8.71. The maximum absolute atomic E-state index is 12.1. The Kier molecular flexibility index (Phi) is 3.09. The van der Waals surface area contributed by atoms with Crippen molar-refractivity contribution in [1.29, 1.82) is 0 Å². The van der Waals surface area contributed by atoms with Crippen LogP contribution < -0.4 is 0 Å². The van der Waals surface area contributed by atoms with E-state index in [1.807, 2.05) is 4.90 Å². The average molecular weight is 221 g/mol. The average Bonchev–Trinajstić information content (AvgIpc) is 2.82. The van der Waals surface area contributed by atoms with Crippen LogP contribution >= 0.6 is 0 Å². The summed E-state index contributed by atoms with van der Waals surface area (Å²) in [5.74, 6) is 0.888. The Morgan fingerprint density at radius 2 is 2.06 bits per heavy atom. The van der Waals surface area contributed by atoms with Crippen molar-refractivity contribution >= 4 is 5.91 Å². The SMILES string of the molecule is CC1=CC[C@H](CC(=O)N2CCCC2)C1(C)C. The topological polar surface area (TPSA) is 20.3 Å². The number of amides is 1. The molecule has 1 saturated heterocycles. The third-order valence-electron chi connectivity index (χ3n) is 4.63. The lowest BCUT2D eigenvalue weighted by molar-refractivity contribution is -0.131. The number of hydrogen-bond donors (Lipinski definition) is 0. The van der Waals surface area contributed by atoms with Crippen molar-refractivity contribution in [2.24, 2.45) is 11.3 Å². The highest BCUT2D eigenvalue weighted by atomic mass is 16.2. The minimum absolute atomic E-state index is 0.218. The van der Waals surface area contributed by atoms with Gasteiger partial charge in [0, 0.05) is 19.5 Å². The van der Waals surface area contributed by atoms with Gasteiger partial charge in [0.15, 0.2) is 0 Å². The summed E-state index contributed by atoms with van der Waals surface area (Å²) in [5.41, 5.74) is 1.67. The van der Waals surface area contributed by atoms with Gasteiger partial charge in [0.1, 0.15) is 0 Å². The van der Waals surface area contributed by atoms with Gasteiger partial charge >= 0.3 is 0 Å². The van der Waals surface area contributed by atoms with Gasteiger partial charge in [-0.3, -0.25) is 4.79 Å². The second-order valence-electron chi connectivity index (χ2n) is 5.83. The van der Waals surface area contributed by atoms with E-state index in [0.29, 0.717) is 11.8 Å². The van der Waals surface area contributed by atoms with Crippen LogP contribution in [0, 0.1) is 11.3 Å². The van der Waals surface area contributed by atoms with E-state index in [0.717, 1.165) is 25.9 Å². The summed E-state index contributed by atoms with van der Waals surface area (Å²) >= 11 is 0. The summed E-state index contributed by atoms with van der Waals surface area (Å²) in [7, 11) is 0. The Bertz CT molecular complexity index is 311. The molecule has 0 unspecified atom stereocenters. The van der Waals surface area contributed by atoms with Crippen molar-refractivity contribution in [3.8, 4) is 0 Å². The van der Waals surface area contributed by atoms with E-state index in [2.05, 4.69) is 26.8 Å². The van der Waals surface area contributed by atoms with E-state index in [9.17, 15) is 4.79 Å². The number of likely N-dealkylation sites (tertiary alicyclic amines) is 1. The lowest BCUT2D eigenvalue weighted by Gasteiger charge is -2.30. The fourth-order valence-corrected chi connectivity index (χ4v) is 2.84. The quantitative estimate of drug-likeness (QED) is 0.656. The molecule has 1 aliphatic heterocycles. The van der Waals surface area contributed by atoms with Crippen molar-refractivity contribution in [2.75, 3.05) is 13.1 Å². The molecule has 2 rings (SSSR count). The maximum Gasteiger partial charge on any atom is 0.222 e. The van der Waals surface area contributed by atoms with Gasteiger partial charge in [0.2, 0.25) is 5.91 Å². The first-order chi connectivity index (χ1) is 7.51. The molecule has 0 aromatic rings. The Morgan fingerprint density at radius 3 is 2.56 bits per heavy atom. The molecule has 90 valence electrons. The zero-order valence-electron chi connectivity index (χ0n) is 10.8. The van der Waals surface area contributed by atoms with E-state index in [4.69, 9.17) is 0 Å². The molecule has 0 bridgehead atoms. The number of allylic oxidation sites excluding steroid dienone is 2. The van der Waals surface area contributed by atoms with Crippen LogP contribution in [-0.4, -0.2) is 23.9 Å². The predicted octanol–water partition coefficient (Wildman–Crippen LogP) is 2.99. The summed E-state index contributed by atoms with van der Waals surface area (Å²) in [6, 6.07) is 0. The first kappa shape index (κ1) is 11.7. The van der Waals surface area contributed by atoms with Crippen molar-refractivity contribution in [1.82, 2.24) is 4.90 Å². The lowest BCUT2D eigenvalue weighted by atomic mass is 9.76. The second-order valence-corrected chi connectivity index (χ2v) is 5.83. The van der Waals surface area contributed by atoms with E-state index >= 15 is 0 Å². The highest BCUT2D eigenvalue weighted by molar-refractivity contribution is 5.77. The minimum atomic E-state index is 0.218. The largest absolute Gasteiger partial charge is 0.343 e. The normalized spacial score (nSPS) is 28.3. The van der Waals surface area contributed by atoms with Gasteiger partial charge in [-0.25, -0.2) is 0 Å². The Labute approximate surface area is 98.7 Å². The summed E-state index contributed by atoms with van der Waals surface area (Å²) in [6.07, 6.45) is 6.51. The van der Waals surface area contributed by atoms with Gasteiger partial charge in [0.05, 0.1) is 0 Å². The van der Waals surface area contributed by atoms with Crippen LogP contribution in [0.5, 0.6) is 0 Å². The van der Waals surface area contributed by atoms with Crippen LogP contribution in [0.15, 0.2) is 11.6 Å². The van der Waals surface area contributed by atoms with Crippen LogP contribution in [0.4, 0.5) is 0 Å². The first-order valence-electron chi connectivity index (χ1n) is 6.47. The molecule has 1 atom stereocenters. The van der Waals surface area contributed by atoms with Crippen molar-refractivity contribution < 1.29 is 4.79 Å². The molecule has 1 aliphatic carbocycles. The summed E-state index contributed by atoms with van der Waals surface area (Å²) in [4.78, 5) is 14.1. The molecule has 0 aromatic carbocycles. The van der Waals surface area contributed by atoms with Crippen molar-refractivity contribution in [3.05, 3.63) is 11.6 Å². The van der Waals surface area contributed by atoms with Gasteiger partial charge in [-0.15, -0.1) is 0 Å². The smallest absolute Gasteiger partial charge is 0.222 e. The van der Waals surface area contributed by atoms with Crippen LogP contribution in [0.3, 0.4) is 0 Å². The fraction of sp³-hybridized carbons (Fsp3) is 0.786. The highest BCUT2D eigenvalue weighted by Crippen LogP contribution is 2.44. The maximum atomic E-state index is 12.1. The molecule has 0 aromatic heterocycles. The van der Waals surface area contributed by atoms with E-state index in [1.165, 1.54) is 18.4 Å². The number of nitrogens with zero attached hydrogens (tertiary/aromatic N) is 1. The lowest BCUT2D eigenvalue weighted by Crippen LogP contribution is -2.32. The molecule has 0 radical (unpaired) electrons. The van der Waals surface area contributed by atoms with E-state index in [-0.39, 0.29) is 5.41 Å². The molecule has 16 heavy (non-hydrogen) atoms. The van der Waals surface area contributed by atoms with Crippen LogP contribution in [0.1, 0.15) is 46.5 Å².